The van der Waals surface area contributed by atoms with Crippen molar-refractivity contribution in [3.63, 3.8) is 0 Å². The molecule has 1 N–H and O–H groups in total. The predicted molar refractivity (Wildman–Crippen MR) is 114 cm³/mol. The SMILES string of the molecule is Cc1ccc(COc2c(Cl)cc(/C=N\Nc3ncccc3[N+](=O)[O-])cc2Cl)cc1. The van der Waals surface area contributed by atoms with Crippen molar-refractivity contribution in [2.75, 3.05) is 5.43 Å². The van der Waals surface area contributed by atoms with Crippen molar-refractivity contribution in [1.82, 2.24) is 4.98 Å². The molecule has 29 heavy (non-hydrogen) atoms. The van der Waals surface area contributed by atoms with Crippen LogP contribution >= 0.6 is 23.2 Å². The molecule has 0 aliphatic rings. The lowest BCUT2D eigenvalue weighted by molar-refractivity contribution is -0.384. The van der Waals surface area contributed by atoms with Crippen LogP contribution in [0.5, 0.6) is 5.75 Å². The third kappa shape index (κ3) is 5.43. The number of hydrogen-bond donors (Lipinski definition) is 1. The highest BCUT2D eigenvalue weighted by Crippen LogP contribution is 2.34. The molecule has 0 saturated heterocycles. The molecule has 0 spiro atoms. The predicted octanol–water partition coefficient (Wildman–Crippen LogP) is 5.63. The maximum Gasteiger partial charge on any atom is 0.313 e. The van der Waals surface area contributed by atoms with E-state index in [0.717, 1.165) is 11.1 Å². The number of anilines is 1. The highest BCUT2D eigenvalue weighted by molar-refractivity contribution is 6.37. The lowest BCUT2D eigenvalue weighted by Crippen LogP contribution is -1.99. The summed E-state index contributed by atoms with van der Waals surface area (Å²) in [7, 11) is 0. The van der Waals surface area contributed by atoms with E-state index in [4.69, 9.17) is 27.9 Å². The Kier molecular flexibility index (Phi) is 6.64. The van der Waals surface area contributed by atoms with Crippen LogP contribution in [0.4, 0.5) is 11.5 Å². The van der Waals surface area contributed by atoms with Gasteiger partial charge in [0.1, 0.15) is 6.61 Å². The molecule has 0 fully saturated rings. The van der Waals surface area contributed by atoms with E-state index in [9.17, 15) is 10.1 Å². The maximum absolute atomic E-state index is 11.0. The number of nitrogens with zero attached hydrogens (tertiary/aromatic N) is 3. The summed E-state index contributed by atoms with van der Waals surface area (Å²) in [6.07, 6.45) is 2.86. The number of aromatic nitrogens is 1. The van der Waals surface area contributed by atoms with E-state index >= 15 is 0 Å². The van der Waals surface area contributed by atoms with Gasteiger partial charge in [-0.25, -0.2) is 4.98 Å². The van der Waals surface area contributed by atoms with Gasteiger partial charge < -0.3 is 4.74 Å². The zero-order chi connectivity index (χ0) is 20.8. The van der Waals surface area contributed by atoms with E-state index in [1.165, 1.54) is 24.5 Å². The summed E-state index contributed by atoms with van der Waals surface area (Å²) in [4.78, 5) is 14.3. The van der Waals surface area contributed by atoms with E-state index in [0.29, 0.717) is 28.0 Å². The fraction of sp³-hybridized carbons (Fsp3) is 0.100. The van der Waals surface area contributed by atoms with Crippen LogP contribution in [0.3, 0.4) is 0 Å². The topological polar surface area (TPSA) is 89.7 Å². The normalized spacial score (nSPS) is 10.9. The van der Waals surface area contributed by atoms with Crippen LogP contribution in [-0.4, -0.2) is 16.1 Å². The summed E-state index contributed by atoms with van der Waals surface area (Å²) in [6.45, 7) is 2.34. The lowest BCUT2D eigenvalue weighted by Gasteiger charge is -2.11. The first kappa shape index (κ1) is 20.6. The minimum absolute atomic E-state index is 0.0315. The van der Waals surface area contributed by atoms with Crippen LogP contribution in [0.25, 0.3) is 0 Å². The number of rotatable bonds is 7. The van der Waals surface area contributed by atoms with E-state index in [1.807, 2.05) is 31.2 Å². The molecule has 3 rings (SSSR count). The summed E-state index contributed by atoms with van der Waals surface area (Å²) in [5.74, 6) is 0.406. The Morgan fingerprint density at radius 3 is 2.55 bits per heavy atom. The average molecular weight is 431 g/mol. The fourth-order valence-electron chi connectivity index (χ4n) is 2.43. The molecule has 0 bridgehead atoms. The van der Waals surface area contributed by atoms with Gasteiger partial charge in [0.05, 0.1) is 21.2 Å². The third-order valence-electron chi connectivity index (χ3n) is 3.89. The van der Waals surface area contributed by atoms with Gasteiger partial charge in [-0.2, -0.15) is 5.10 Å². The van der Waals surface area contributed by atoms with Gasteiger partial charge in [-0.15, -0.1) is 0 Å². The summed E-state index contributed by atoms with van der Waals surface area (Å²) >= 11 is 12.6. The molecule has 9 heteroatoms. The van der Waals surface area contributed by atoms with Gasteiger partial charge in [-0.1, -0.05) is 53.0 Å². The van der Waals surface area contributed by atoms with Gasteiger partial charge in [0.25, 0.3) is 0 Å². The van der Waals surface area contributed by atoms with Gasteiger partial charge >= 0.3 is 5.69 Å². The Morgan fingerprint density at radius 2 is 1.90 bits per heavy atom. The molecule has 7 nitrogen and oxygen atoms in total. The first-order chi connectivity index (χ1) is 13.9. The third-order valence-corrected chi connectivity index (χ3v) is 4.45. The molecular weight excluding hydrogens is 415 g/mol. The monoisotopic (exact) mass is 430 g/mol. The van der Waals surface area contributed by atoms with Crippen molar-refractivity contribution in [1.29, 1.82) is 0 Å². The van der Waals surface area contributed by atoms with Gasteiger partial charge in [0.2, 0.25) is 5.82 Å². The molecule has 0 atom stereocenters. The van der Waals surface area contributed by atoms with Crippen LogP contribution in [0, 0.1) is 17.0 Å². The minimum Gasteiger partial charge on any atom is -0.486 e. The van der Waals surface area contributed by atoms with Crippen molar-refractivity contribution >= 4 is 40.9 Å². The zero-order valence-electron chi connectivity index (χ0n) is 15.3. The quantitative estimate of drug-likeness (QED) is 0.298. The van der Waals surface area contributed by atoms with Gasteiger partial charge in [0.15, 0.2) is 5.75 Å². The van der Waals surface area contributed by atoms with Crippen molar-refractivity contribution in [2.45, 2.75) is 13.5 Å². The molecule has 0 amide bonds. The van der Waals surface area contributed by atoms with Gasteiger partial charge in [0, 0.05) is 12.3 Å². The van der Waals surface area contributed by atoms with Crippen LogP contribution < -0.4 is 10.2 Å². The summed E-state index contributed by atoms with van der Waals surface area (Å²) in [5.41, 5.74) is 5.12. The van der Waals surface area contributed by atoms with Crippen LogP contribution in [0.1, 0.15) is 16.7 Å². The van der Waals surface area contributed by atoms with E-state index in [1.54, 1.807) is 12.1 Å². The first-order valence-electron chi connectivity index (χ1n) is 8.50. The Labute approximate surface area is 177 Å². The standard InChI is InChI=1S/C20H16Cl2N4O3/c1-13-4-6-14(7-5-13)12-29-19-16(21)9-15(10-17(19)22)11-24-25-20-18(26(27)28)3-2-8-23-20/h2-11H,12H2,1H3,(H,23,25)/b24-11-. The smallest absolute Gasteiger partial charge is 0.313 e. The van der Waals surface area contributed by atoms with Crippen molar-refractivity contribution in [2.24, 2.45) is 5.10 Å². The molecule has 0 unspecified atom stereocenters. The average Bonchev–Trinajstić information content (AvgIpc) is 2.69. The number of benzene rings is 2. The van der Waals surface area contributed by atoms with Crippen LogP contribution in [0.2, 0.25) is 10.0 Å². The zero-order valence-corrected chi connectivity index (χ0v) is 16.8. The number of aryl methyl sites for hydroxylation is 1. The molecule has 148 valence electrons. The van der Waals surface area contributed by atoms with Gasteiger partial charge in [-0.05, 0) is 36.2 Å². The Hall–Kier alpha value is -3.16. The highest BCUT2D eigenvalue weighted by atomic mass is 35.5. The molecule has 0 saturated carbocycles. The fourth-order valence-corrected chi connectivity index (χ4v) is 3.04. The molecule has 1 heterocycles. The van der Waals surface area contributed by atoms with Crippen LogP contribution in [0.15, 0.2) is 59.8 Å². The summed E-state index contributed by atoms with van der Waals surface area (Å²) < 4.78 is 5.76. The lowest BCUT2D eigenvalue weighted by atomic mass is 10.2. The van der Waals surface area contributed by atoms with Gasteiger partial charge in [-0.3, -0.25) is 15.5 Å². The Morgan fingerprint density at radius 1 is 1.21 bits per heavy atom. The molecule has 0 aliphatic carbocycles. The molecule has 1 aromatic heterocycles. The van der Waals surface area contributed by atoms with E-state index in [-0.39, 0.29) is 11.5 Å². The summed E-state index contributed by atoms with van der Waals surface area (Å²) in [5, 5.41) is 15.6. The number of hydrazone groups is 1. The van der Waals surface area contributed by atoms with E-state index < -0.39 is 4.92 Å². The van der Waals surface area contributed by atoms with Crippen molar-refractivity contribution in [3.05, 3.63) is 91.6 Å². The first-order valence-corrected chi connectivity index (χ1v) is 9.25. The minimum atomic E-state index is -0.543. The second kappa shape index (κ2) is 9.36. The number of nitro groups is 1. The number of hydrogen-bond acceptors (Lipinski definition) is 6. The second-order valence-corrected chi connectivity index (χ2v) is 6.90. The number of ether oxygens (including phenoxy) is 1. The Bertz CT molecular complexity index is 1030. The highest BCUT2D eigenvalue weighted by Gasteiger charge is 2.13. The Balaban J connectivity index is 1.69. The maximum atomic E-state index is 11.0. The number of nitrogens with one attached hydrogen (secondary N) is 1. The second-order valence-electron chi connectivity index (χ2n) is 6.09. The molecule has 2 aromatic carbocycles. The molecular formula is C20H16Cl2N4O3. The van der Waals surface area contributed by atoms with Crippen LogP contribution in [-0.2, 0) is 6.61 Å². The molecule has 0 radical (unpaired) electrons. The summed E-state index contributed by atoms with van der Waals surface area (Å²) in [6, 6.07) is 14.0. The number of halogens is 2. The van der Waals surface area contributed by atoms with Crippen molar-refractivity contribution in [3.8, 4) is 5.75 Å². The molecule has 0 aliphatic heterocycles. The van der Waals surface area contributed by atoms with Crippen molar-refractivity contribution < 1.29 is 9.66 Å². The largest absolute Gasteiger partial charge is 0.486 e. The number of pyridine rings is 1. The molecule has 3 aromatic rings. The van der Waals surface area contributed by atoms with E-state index in [2.05, 4.69) is 15.5 Å².